The number of rotatable bonds is 4. The molecule has 2 aromatic rings. The van der Waals surface area contributed by atoms with Gasteiger partial charge >= 0.3 is 5.97 Å². The van der Waals surface area contributed by atoms with Gasteiger partial charge in [-0.2, -0.15) is 0 Å². The molecule has 0 radical (unpaired) electrons. The van der Waals surface area contributed by atoms with Crippen LogP contribution in [-0.2, 0) is 9.53 Å². The van der Waals surface area contributed by atoms with E-state index in [9.17, 15) is 9.59 Å². The van der Waals surface area contributed by atoms with Crippen LogP contribution in [0.4, 0.5) is 5.69 Å². The maximum atomic E-state index is 12.5. The molecule has 0 aliphatic carbocycles. The molecule has 0 spiro atoms. The summed E-state index contributed by atoms with van der Waals surface area (Å²) in [6.45, 7) is 0. The first-order chi connectivity index (χ1) is 12.1. The molecule has 1 amide bonds. The van der Waals surface area contributed by atoms with Gasteiger partial charge < -0.3 is 10.1 Å². The number of hydrazine groups is 1. The van der Waals surface area contributed by atoms with Gasteiger partial charge in [-0.25, -0.2) is 15.6 Å². The first kappa shape index (κ1) is 17.4. The Morgan fingerprint density at radius 3 is 2.72 bits per heavy atom. The zero-order valence-corrected chi connectivity index (χ0v) is 14.3. The SMILES string of the molecule is COC(=O)c1ccccc1NC(=O)C1CC(c2cccc(Cl)c2)NN1. The van der Waals surface area contributed by atoms with Crippen molar-refractivity contribution in [2.45, 2.75) is 18.5 Å². The summed E-state index contributed by atoms with van der Waals surface area (Å²) in [5.74, 6) is -0.724. The van der Waals surface area contributed by atoms with E-state index in [0.717, 1.165) is 5.56 Å². The molecular formula is C18H18ClN3O3. The van der Waals surface area contributed by atoms with E-state index in [1.807, 2.05) is 18.2 Å². The lowest BCUT2D eigenvalue weighted by atomic mass is 10.0. The first-order valence-electron chi connectivity index (χ1n) is 7.83. The van der Waals surface area contributed by atoms with E-state index in [2.05, 4.69) is 16.2 Å². The number of carbonyl (C=O) groups is 2. The van der Waals surface area contributed by atoms with Crippen LogP contribution in [0.1, 0.15) is 28.4 Å². The number of carbonyl (C=O) groups excluding carboxylic acids is 2. The maximum Gasteiger partial charge on any atom is 0.339 e. The Kier molecular flexibility index (Phi) is 5.33. The average Bonchev–Trinajstić information content (AvgIpc) is 3.12. The number of esters is 1. The largest absolute Gasteiger partial charge is 0.465 e. The Hall–Kier alpha value is -2.41. The molecule has 0 bridgehead atoms. The molecule has 2 aromatic carbocycles. The number of ether oxygens (including phenoxy) is 1. The smallest absolute Gasteiger partial charge is 0.339 e. The fourth-order valence-corrected chi connectivity index (χ4v) is 2.97. The van der Waals surface area contributed by atoms with Gasteiger partial charge in [-0.3, -0.25) is 4.79 Å². The lowest BCUT2D eigenvalue weighted by Gasteiger charge is -2.13. The normalized spacial score (nSPS) is 19.4. The number of methoxy groups -OCH3 is 1. The first-order valence-corrected chi connectivity index (χ1v) is 8.21. The summed E-state index contributed by atoms with van der Waals surface area (Å²) in [6, 6.07) is 13.8. The molecule has 130 valence electrons. The van der Waals surface area contributed by atoms with E-state index in [1.54, 1.807) is 30.3 Å². The van der Waals surface area contributed by atoms with E-state index in [4.69, 9.17) is 16.3 Å². The van der Waals surface area contributed by atoms with E-state index in [1.165, 1.54) is 7.11 Å². The molecule has 2 unspecified atom stereocenters. The van der Waals surface area contributed by atoms with Crippen LogP contribution in [0.15, 0.2) is 48.5 Å². The van der Waals surface area contributed by atoms with Crippen LogP contribution >= 0.6 is 11.6 Å². The highest BCUT2D eigenvalue weighted by molar-refractivity contribution is 6.30. The number of amides is 1. The Labute approximate surface area is 150 Å². The van der Waals surface area contributed by atoms with Gasteiger partial charge in [-0.05, 0) is 36.2 Å². The van der Waals surface area contributed by atoms with Crippen LogP contribution in [0.25, 0.3) is 0 Å². The van der Waals surface area contributed by atoms with E-state index in [0.29, 0.717) is 22.7 Å². The number of nitrogens with one attached hydrogen (secondary N) is 3. The number of hydrogen-bond donors (Lipinski definition) is 3. The second-order valence-corrected chi connectivity index (χ2v) is 6.15. The molecule has 3 rings (SSSR count). The van der Waals surface area contributed by atoms with E-state index >= 15 is 0 Å². The van der Waals surface area contributed by atoms with Gasteiger partial charge in [0, 0.05) is 11.1 Å². The molecule has 0 saturated carbocycles. The summed E-state index contributed by atoms with van der Waals surface area (Å²) in [7, 11) is 1.30. The van der Waals surface area contributed by atoms with E-state index in [-0.39, 0.29) is 11.9 Å². The van der Waals surface area contributed by atoms with Gasteiger partial charge in [0.1, 0.15) is 6.04 Å². The predicted octanol–water partition coefficient (Wildman–Crippen LogP) is 2.67. The van der Waals surface area contributed by atoms with Gasteiger partial charge in [0.2, 0.25) is 5.91 Å². The number of anilines is 1. The highest BCUT2D eigenvalue weighted by Crippen LogP contribution is 2.25. The summed E-state index contributed by atoms with van der Waals surface area (Å²) >= 11 is 6.02. The monoisotopic (exact) mass is 359 g/mol. The lowest BCUT2D eigenvalue weighted by Crippen LogP contribution is -2.39. The van der Waals surface area contributed by atoms with Crippen molar-refractivity contribution in [1.82, 2.24) is 10.9 Å². The minimum atomic E-state index is -0.495. The summed E-state index contributed by atoms with van der Waals surface area (Å²) in [6.07, 6.45) is 0.562. The van der Waals surface area contributed by atoms with Crippen molar-refractivity contribution in [2.24, 2.45) is 0 Å². The van der Waals surface area contributed by atoms with Crippen molar-refractivity contribution in [3.05, 3.63) is 64.7 Å². The number of hydrogen-bond acceptors (Lipinski definition) is 5. The number of benzene rings is 2. The third-order valence-corrected chi connectivity index (χ3v) is 4.30. The van der Waals surface area contributed by atoms with Crippen molar-refractivity contribution in [3.8, 4) is 0 Å². The Bertz CT molecular complexity index is 797. The molecule has 7 heteroatoms. The van der Waals surface area contributed by atoms with Gasteiger partial charge in [-0.15, -0.1) is 0 Å². The average molecular weight is 360 g/mol. The summed E-state index contributed by atoms with van der Waals surface area (Å²) < 4.78 is 4.74. The molecule has 1 saturated heterocycles. The fraction of sp³-hybridized carbons (Fsp3) is 0.222. The van der Waals surface area contributed by atoms with Crippen molar-refractivity contribution >= 4 is 29.2 Å². The number of para-hydroxylation sites is 1. The molecule has 2 atom stereocenters. The van der Waals surface area contributed by atoms with Gasteiger partial charge in [0.25, 0.3) is 0 Å². The summed E-state index contributed by atoms with van der Waals surface area (Å²) in [5.41, 5.74) is 7.83. The minimum Gasteiger partial charge on any atom is -0.465 e. The molecule has 1 aliphatic rings. The molecular weight excluding hydrogens is 342 g/mol. The Balaban J connectivity index is 1.68. The van der Waals surface area contributed by atoms with Crippen molar-refractivity contribution in [2.75, 3.05) is 12.4 Å². The van der Waals surface area contributed by atoms with Crippen LogP contribution in [0.5, 0.6) is 0 Å². The third kappa shape index (κ3) is 3.99. The van der Waals surface area contributed by atoms with Crippen LogP contribution in [0.2, 0.25) is 5.02 Å². The van der Waals surface area contributed by atoms with E-state index < -0.39 is 12.0 Å². The lowest BCUT2D eigenvalue weighted by molar-refractivity contribution is -0.117. The zero-order chi connectivity index (χ0) is 17.8. The highest BCUT2D eigenvalue weighted by Gasteiger charge is 2.30. The maximum absolute atomic E-state index is 12.5. The van der Waals surface area contributed by atoms with Crippen molar-refractivity contribution < 1.29 is 14.3 Å². The molecule has 1 fully saturated rings. The topological polar surface area (TPSA) is 79.5 Å². The highest BCUT2D eigenvalue weighted by atomic mass is 35.5. The molecule has 1 aliphatic heterocycles. The fourth-order valence-electron chi connectivity index (χ4n) is 2.77. The molecule has 0 aromatic heterocycles. The van der Waals surface area contributed by atoms with Crippen molar-refractivity contribution in [1.29, 1.82) is 0 Å². The predicted molar refractivity (Wildman–Crippen MR) is 95.3 cm³/mol. The number of halogens is 1. The third-order valence-electron chi connectivity index (χ3n) is 4.06. The van der Waals surface area contributed by atoms with Crippen LogP contribution in [0, 0.1) is 0 Å². The Morgan fingerprint density at radius 1 is 1.16 bits per heavy atom. The second kappa shape index (κ2) is 7.65. The second-order valence-electron chi connectivity index (χ2n) is 5.71. The minimum absolute atomic E-state index is 0.0229. The molecule has 6 nitrogen and oxygen atoms in total. The Morgan fingerprint density at radius 2 is 1.96 bits per heavy atom. The van der Waals surface area contributed by atoms with Crippen LogP contribution in [0.3, 0.4) is 0 Å². The van der Waals surface area contributed by atoms with Crippen molar-refractivity contribution in [3.63, 3.8) is 0 Å². The van der Waals surface area contributed by atoms with Gasteiger partial charge in [-0.1, -0.05) is 35.9 Å². The quantitative estimate of drug-likeness (QED) is 0.731. The van der Waals surface area contributed by atoms with Gasteiger partial charge in [0.05, 0.1) is 18.4 Å². The van der Waals surface area contributed by atoms with Gasteiger partial charge in [0.15, 0.2) is 0 Å². The molecule has 3 N–H and O–H groups in total. The standard InChI is InChI=1S/C18H18ClN3O3/c1-25-18(24)13-7-2-3-8-14(13)20-17(23)16-10-15(21-22-16)11-5-4-6-12(19)9-11/h2-9,15-16,21-22H,10H2,1H3,(H,20,23). The van der Waals surface area contributed by atoms with Crippen LogP contribution in [-0.4, -0.2) is 25.0 Å². The molecule has 25 heavy (non-hydrogen) atoms. The summed E-state index contributed by atoms with van der Waals surface area (Å²) in [5, 5.41) is 3.43. The van der Waals surface area contributed by atoms with Crippen LogP contribution < -0.4 is 16.2 Å². The molecule has 1 heterocycles. The zero-order valence-electron chi connectivity index (χ0n) is 13.6. The summed E-state index contributed by atoms with van der Waals surface area (Å²) in [4.78, 5) is 24.3.